The Morgan fingerprint density at radius 1 is 1.47 bits per heavy atom. The molecule has 0 saturated heterocycles. The average Bonchev–Trinajstić information content (AvgIpc) is 2.19. The van der Waals surface area contributed by atoms with E-state index >= 15 is 0 Å². The summed E-state index contributed by atoms with van der Waals surface area (Å²) < 4.78 is 0. The van der Waals surface area contributed by atoms with E-state index in [9.17, 15) is 9.90 Å². The van der Waals surface area contributed by atoms with Gasteiger partial charge in [0.15, 0.2) is 0 Å². The first-order valence-corrected chi connectivity index (χ1v) is 6.44. The number of hydrogen-bond donors (Lipinski definition) is 1. The zero-order valence-electron chi connectivity index (χ0n) is 9.54. The number of carboxylic acids is 1. The summed E-state index contributed by atoms with van der Waals surface area (Å²) in [6, 6.07) is 5.06. The number of carbonyl (C=O) groups is 1. The zero-order valence-corrected chi connectivity index (χ0v) is 11.1. The van der Waals surface area contributed by atoms with Crippen LogP contribution in [0.25, 0.3) is 0 Å². The van der Waals surface area contributed by atoms with E-state index in [0.717, 1.165) is 6.42 Å². The van der Waals surface area contributed by atoms with Crippen molar-refractivity contribution in [3.8, 4) is 0 Å². The monoisotopic (exact) mass is 272 g/mol. The van der Waals surface area contributed by atoms with E-state index in [1.54, 1.807) is 18.2 Å². The highest BCUT2D eigenvalue weighted by atomic mass is 35.5. The molecule has 1 saturated carbocycles. The number of rotatable bonds is 3. The van der Waals surface area contributed by atoms with E-state index in [0.29, 0.717) is 34.4 Å². The Bertz CT molecular complexity index is 451. The quantitative estimate of drug-likeness (QED) is 0.898. The molecule has 0 bridgehead atoms. The zero-order chi connectivity index (χ0) is 12.6. The van der Waals surface area contributed by atoms with Crippen LogP contribution in [0.4, 0.5) is 0 Å². The molecule has 4 heteroatoms. The van der Waals surface area contributed by atoms with Crippen LogP contribution in [0.15, 0.2) is 18.2 Å². The highest BCUT2D eigenvalue weighted by Gasteiger charge is 2.51. The topological polar surface area (TPSA) is 37.3 Å². The van der Waals surface area contributed by atoms with Gasteiger partial charge in [-0.25, -0.2) is 0 Å². The molecule has 1 N–H and O–H groups in total. The third kappa shape index (κ3) is 2.04. The van der Waals surface area contributed by atoms with Crippen molar-refractivity contribution in [3.63, 3.8) is 0 Å². The maximum atomic E-state index is 11.5. The fourth-order valence-corrected chi connectivity index (χ4v) is 3.19. The Morgan fingerprint density at radius 3 is 2.59 bits per heavy atom. The SMILES string of the molecule is CCC1CC(C(=O)O)(c2ccc(Cl)cc2Cl)C1. The number of hydrogen-bond acceptors (Lipinski definition) is 1. The standard InChI is InChI=1S/C13H14Cl2O2/c1-2-8-6-13(7-8,12(16)17)10-4-3-9(14)5-11(10)15/h3-5,8H,2,6-7H2,1H3,(H,16,17). The summed E-state index contributed by atoms with van der Waals surface area (Å²) >= 11 is 11.9. The molecule has 2 nitrogen and oxygen atoms in total. The van der Waals surface area contributed by atoms with Gasteiger partial charge in [-0.3, -0.25) is 4.79 Å². The molecule has 0 amide bonds. The van der Waals surface area contributed by atoms with Crippen LogP contribution in [0, 0.1) is 5.92 Å². The summed E-state index contributed by atoms with van der Waals surface area (Å²) in [6.45, 7) is 2.08. The smallest absolute Gasteiger partial charge is 0.314 e. The predicted octanol–water partition coefficient (Wildman–Crippen LogP) is 4.14. The summed E-state index contributed by atoms with van der Waals surface area (Å²) in [5.41, 5.74) is -0.108. The molecule has 0 radical (unpaired) electrons. The number of aliphatic carboxylic acids is 1. The Morgan fingerprint density at radius 2 is 2.12 bits per heavy atom. The second-order valence-electron chi connectivity index (χ2n) is 4.69. The average molecular weight is 273 g/mol. The molecule has 0 aliphatic heterocycles. The largest absolute Gasteiger partial charge is 0.481 e. The van der Waals surface area contributed by atoms with Gasteiger partial charge < -0.3 is 5.11 Å². The Kier molecular flexibility index (Phi) is 3.37. The Labute approximate surface area is 111 Å². The van der Waals surface area contributed by atoms with Gasteiger partial charge in [-0.2, -0.15) is 0 Å². The molecule has 0 heterocycles. The molecule has 0 spiro atoms. The number of carboxylic acid groups (broad SMARTS) is 1. The lowest BCUT2D eigenvalue weighted by molar-refractivity contribution is -0.149. The molecule has 1 aromatic rings. The van der Waals surface area contributed by atoms with Crippen molar-refractivity contribution in [2.24, 2.45) is 5.92 Å². The molecule has 92 valence electrons. The van der Waals surface area contributed by atoms with Crippen LogP contribution < -0.4 is 0 Å². The fourth-order valence-electron chi connectivity index (χ4n) is 2.60. The summed E-state index contributed by atoms with van der Waals surface area (Å²) in [4.78, 5) is 11.5. The second-order valence-corrected chi connectivity index (χ2v) is 5.54. The van der Waals surface area contributed by atoms with Gasteiger partial charge in [0, 0.05) is 10.0 Å². The first-order valence-electron chi connectivity index (χ1n) is 5.68. The summed E-state index contributed by atoms with van der Waals surface area (Å²) in [6.07, 6.45) is 2.35. The molecular formula is C13H14Cl2O2. The molecule has 1 aliphatic carbocycles. The molecule has 1 aliphatic rings. The lowest BCUT2D eigenvalue weighted by atomic mass is 9.58. The normalized spacial score (nSPS) is 27.6. The summed E-state index contributed by atoms with van der Waals surface area (Å²) in [5.74, 6) is -0.302. The molecule has 1 aromatic carbocycles. The molecule has 0 atom stereocenters. The van der Waals surface area contributed by atoms with Gasteiger partial charge >= 0.3 is 5.97 Å². The molecule has 0 aromatic heterocycles. The molecule has 0 unspecified atom stereocenters. The van der Waals surface area contributed by atoms with Crippen molar-refractivity contribution < 1.29 is 9.90 Å². The Hall–Kier alpha value is -0.730. The van der Waals surface area contributed by atoms with Crippen LogP contribution >= 0.6 is 23.2 Å². The fraction of sp³-hybridized carbons (Fsp3) is 0.462. The van der Waals surface area contributed by atoms with Crippen molar-refractivity contribution in [2.75, 3.05) is 0 Å². The molecule has 2 rings (SSSR count). The maximum Gasteiger partial charge on any atom is 0.314 e. The van der Waals surface area contributed by atoms with Crippen LogP contribution in [0.5, 0.6) is 0 Å². The van der Waals surface area contributed by atoms with Gasteiger partial charge in [0.25, 0.3) is 0 Å². The highest BCUT2D eigenvalue weighted by Crippen LogP contribution is 2.51. The molecule has 17 heavy (non-hydrogen) atoms. The lowest BCUT2D eigenvalue weighted by Gasteiger charge is -2.45. The van der Waals surface area contributed by atoms with E-state index in [1.165, 1.54) is 0 Å². The molecular weight excluding hydrogens is 259 g/mol. The van der Waals surface area contributed by atoms with Crippen LogP contribution in [-0.2, 0) is 10.2 Å². The minimum Gasteiger partial charge on any atom is -0.481 e. The van der Waals surface area contributed by atoms with E-state index in [-0.39, 0.29) is 0 Å². The van der Waals surface area contributed by atoms with Crippen LogP contribution in [0.3, 0.4) is 0 Å². The van der Waals surface area contributed by atoms with Crippen molar-refractivity contribution >= 4 is 29.2 Å². The van der Waals surface area contributed by atoms with Crippen LogP contribution in [0.2, 0.25) is 10.0 Å². The first kappa shape index (κ1) is 12.7. The van der Waals surface area contributed by atoms with E-state index in [4.69, 9.17) is 23.2 Å². The second kappa shape index (κ2) is 4.51. The summed E-state index contributed by atoms with van der Waals surface area (Å²) in [5, 5.41) is 10.4. The van der Waals surface area contributed by atoms with Crippen molar-refractivity contribution in [2.45, 2.75) is 31.6 Å². The van der Waals surface area contributed by atoms with E-state index in [1.807, 2.05) is 0 Å². The van der Waals surface area contributed by atoms with Gasteiger partial charge in [0.1, 0.15) is 0 Å². The summed E-state index contributed by atoms with van der Waals surface area (Å²) in [7, 11) is 0. The third-order valence-electron chi connectivity index (χ3n) is 3.71. The third-order valence-corrected chi connectivity index (χ3v) is 4.26. The number of halogens is 2. The van der Waals surface area contributed by atoms with Crippen LogP contribution in [-0.4, -0.2) is 11.1 Å². The van der Waals surface area contributed by atoms with Gasteiger partial charge in [-0.15, -0.1) is 0 Å². The van der Waals surface area contributed by atoms with Crippen molar-refractivity contribution in [1.29, 1.82) is 0 Å². The van der Waals surface area contributed by atoms with Gasteiger partial charge in [-0.1, -0.05) is 42.6 Å². The number of benzene rings is 1. The Balaban J connectivity index is 2.38. The van der Waals surface area contributed by atoms with E-state index in [2.05, 4.69) is 6.92 Å². The lowest BCUT2D eigenvalue weighted by Crippen LogP contribution is -2.47. The van der Waals surface area contributed by atoms with Gasteiger partial charge in [0.05, 0.1) is 5.41 Å². The van der Waals surface area contributed by atoms with E-state index < -0.39 is 11.4 Å². The first-order chi connectivity index (χ1) is 7.99. The van der Waals surface area contributed by atoms with Crippen LogP contribution in [0.1, 0.15) is 31.7 Å². The van der Waals surface area contributed by atoms with Crippen molar-refractivity contribution in [1.82, 2.24) is 0 Å². The van der Waals surface area contributed by atoms with Gasteiger partial charge in [0.2, 0.25) is 0 Å². The molecule has 1 fully saturated rings. The maximum absolute atomic E-state index is 11.5. The highest BCUT2D eigenvalue weighted by molar-refractivity contribution is 6.35. The predicted molar refractivity (Wildman–Crippen MR) is 68.8 cm³/mol. The minimum absolute atomic E-state index is 0.453. The van der Waals surface area contributed by atoms with Crippen molar-refractivity contribution in [3.05, 3.63) is 33.8 Å². The van der Waals surface area contributed by atoms with Gasteiger partial charge in [-0.05, 0) is 36.5 Å². The minimum atomic E-state index is -0.803.